The average molecular weight is 222 g/mol. The van der Waals surface area contributed by atoms with Crippen molar-refractivity contribution in [2.24, 2.45) is 0 Å². The van der Waals surface area contributed by atoms with Crippen LogP contribution in [-0.2, 0) is 6.42 Å². The molecule has 1 saturated carbocycles. The molecule has 1 heterocycles. The van der Waals surface area contributed by atoms with Crippen LogP contribution in [0.4, 0.5) is 0 Å². The Kier molecular flexibility index (Phi) is 3.33. The summed E-state index contributed by atoms with van der Waals surface area (Å²) in [6.07, 6.45) is 5.16. The zero-order chi connectivity index (χ0) is 11.7. The second-order valence-electron chi connectivity index (χ2n) is 4.87. The minimum absolute atomic E-state index is 0.202. The lowest BCUT2D eigenvalue weighted by Gasteiger charge is -2.28. The van der Waals surface area contributed by atoms with Gasteiger partial charge in [0.15, 0.2) is 0 Å². The van der Waals surface area contributed by atoms with E-state index in [2.05, 4.69) is 30.6 Å². The fourth-order valence-corrected chi connectivity index (χ4v) is 2.91. The van der Waals surface area contributed by atoms with Gasteiger partial charge in [-0.3, -0.25) is 4.68 Å². The minimum Gasteiger partial charge on any atom is -0.391 e. The van der Waals surface area contributed by atoms with E-state index in [0.29, 0.717) is 0 Å². The highest BCUT2D eigenvalue weighted by Gasteiger charge is 2.27. The second kappa shape index (κ2) is 4.58. The summed E-state index contributed by atoms with van der Waals surface area (Å²) in [5.41, 5.74) is 3.71. The van der Waals surface area contributed by atoms with E-state index in [1.54, 1.807) is 0 Å². The molecule has 2 atom stereocenters. The van der Waals surface area contributed by atoms with Crippen LogP contribution in [0.5, 0.6) is 0 Å². The van der Waals surface area contributed by atoms with Crippen LogP contribution >= 0.6 is 0 Å². The Morgan fingerprint density at radius 1 is 1.31 bits per heavy atom. The Labute approximate surface area is 97.5 Å². The highest BCUT2D eigenvalue weighted by Crippen LogP contribution is 2.30. The van der Waals surface area contributed by atoms with Crippen LogP contribution in [0.2, 0.25) is 0 Å². The summed E-state index contributed by atoms with van der Waals surface area (Å²) in [5, 5.41) is 14.7. The maximum absolute atomic E-state index is 10.1. The Morgan fingerprint density at radius 3 is 2.56 bits per heavy atom. The van der Waals surface area contributed by atoms with E-state index in [9.17, 15) is 5.11 Å². The van der Waals surface area contributed by atoms with E-state index in [1.807, 2.05) is 0 Å². The van der Waals surface area contributed by atoms with Crippen molar-refractivity contribution in [2.45, 2.75) is 65.0 Å². The van der Waals surface area contributed by atoms with Gasteiger partial charge < -0.3 is 5.11 Å². The molecule has 0 radical (unpaired) electrons. The topological polar surface area (TPSA) is 38.0 Å². The molecule has 0 saturated heterocycles. The fourth-order valence-electron chi connectivity index (χ4n) is 2.91. The SMILES string of the molecule is CCc1c(C)nn([C@@H]2CCCC[C@H]2O)c1C. The maximum Gasteiger partial charge on any atom is 0.0781 e. The van der Waals surface area contributed by atoms with E-state index < -0.39 is 0 Å². The number of aryl methyl sites for hydroxylation is 1. The predicted octanol–water partition coefficient (Wildman–Crippen LogP) is 2.54. The third-order valence-corrected chi connectivity index (χ3v) is 3.84. The molecule has 3 nitrogen and oxygen atoms in total. The lowest BCUT2D eigenvalue weighted by atomic mass is 9.92. The van der Waals surface area contributed by atoms with Crippen LogP contribution < -0.4 is 0 Å². The summed E-state index contributed by atoms with van der Waals surface area (Å²) < 4.78 is 2.07. The summed E-state index contributed by atoms with van der Waals surface area (Å²) in [6.45, 7) is 6.36. The van der Waals surface area contributed by atoms with Crippen molar-refractivity contribution in [1.82, 2.24) is 9.78 Å². The van der Waals surface area contributed by atoms with Gasteiger partial charge in [-0.05, 0) is 38.7 Å². The van der Waals surface area contributed by atoms with Gasteiger partial charge in [0, 0.05) is 5.69 Å². The summed E-state index contributed by atoms with van der Waals surface area (Å²) in [6, 6.07) is 0.202. The highest BCUT2D eigenvalue weighted by molar-refractivity contribution is 5.24. The molecule has 16 heavy (non-hydrogen) atoms. The van der Waals surface area contributed by atoms with Gasteiger partial charge in [0.25, 0.3) is 0 Å². The number of hydrogen-bond acceptors (Lipinski definition) is 2. The van der Waals surface area contributed by atoms with Crippen LogP contribution in [0.15, 0.2) is 0 Å². The predicted molar refractivity (Wildman–Crippen MR) is 64.6 cm³/mol. The highest BCUT2D eigenvalue weighted by atomic mass is 16.3. The molecule has 1 fully saturated rings. The van der Waals surface area contributed by atoms with Crippen molar-refractivity contribution in [3.63, 3.8) is 0 Å². The van der Waals surface area contributed by atoms with Crippen LogP contribution in [0.25, 0.3) is 0 Å². The van der Waals surface area contributed by atoms with E-state index >= 15 is 0 Å². The number of aromatic nitrogens is 2. The van der Waals surface area contributed by atoms with Gasteiger partial charge in [-0.25, -0.2) is 0 Å². The molecule has 90 valence electrons. The van der Waals surface area contributed by atoms with Gasteiger partial charge in [-0.15, -0.1) is 0 Å². The first-order chi connectivity index (χ1) is 7.65. The molecule has 1 aromatic rings. The molecule has 0 aliphatic heterocycles. The van der Waals surface area contributed by atoms with E-state index in [4.69, 9.17) is 0 Å². The summed E-state index contributed by atoms with van der Waals surface area (Å²) in [5.74, 6) is 0. The molecule has 1 N–H and O–H groups in total. The third kappa shape index (κ3) is 1.88. The molecule has 0 amide bonds. The number of aliphatic hydroxyl groups is 1. The normalized spacial score (nSPS) is 26.0. The Hall–Kier alpha value is -0.830. The first-order valence-corrected chi connectivity index (χ1v) is 6.37. The molecule has 0 spiro atoms. The van der Waals surface area contributed by atoms with Crippen LogP contribution in [0, 0.1) is 13.8 Å². The van der Waals surface area contributed by atoms with Gasteiger partial charge in [-0.1, -0.05) is 19.8 Å². The molecule has 3 heteroatoms. The molecule has 0 aromatic carbocycles. The number of rotatable bonds is 2. The van der Waals surface area contributed by atoms with Crippen molar-refractivity contribution in [1.29, 1.82) is 0 Å². The zero-order valence-electron chi connectivity index (χ0n) is 10.5. The number of aliphatic hydroxyl groups excluding tert-OH is 1. The Morgan fingerprint density at radius 2 is 2.00 bits per heavy atom. The van der Waals surface area contributed by atoms with Crippen LogP contribution in [0.3, 0.4) is 0 Å². The number of nitrogens with zero attached hydrogens (tertiary/aromatic N) is 2. The van der Waals surface area contributed by atoms with E-state index in [1.165, 1.54) is 17.7 Å². The standard InChI is InChI=1S/C13H22N2O/c1-4-11-9(2)14-15(10(11)3)12-7-5-6-8-13(12)16/h12-13,16H,4-8H2,1-3H3/t12-,13-/m1/s1. The molecule has 1 aliphatic rings. The van der Waals surface area contributed by atoms with Crippen molar-refractivity contribution < 1.29 is 5.11 Å². The molecule has 1 aromatic heterocycles. The van der Waals surface area contributed by atoms with E-state index in [-0.39, 0.29) is 12.1 Å². The summed E-state index contributed by atoms with van der Waals surface area (Å²) in [7, 11) is 0. The van der Waals surface area contributed by atoms with Gasteiger partial charge in [-0.2, -0.15) is 5.10 Å². The van der Waals surface area contributed by atoms with Crippen LogP contribution in [-0.4, -0.2) is 21.0 Å². The van der Waals surface area contributed by atoms with Crippen molar-refractivity contribution >= 4 is 0 Å². The lowest BCUT2D eigenvalue weighted by molar-refractivity contribution is 0.0682. The van der Waals surface area contributed by atoms with Crippen molar-refractivity contribution in [2.75, 3.05) is 0 Å². The number of hydrogen-bond donors (Lipinski definition) is 1. The largest absolute Gasteiger partial charge is 0.391 e. The fraction of sp³-hybridized carbons (Fsp3) is 0.769. The lowest BCUT2D eigenvalue weighted by Crippen LogP contribution is -2.29. The Bertz CT molecular complexity index is 370. The zero-order valence-corrected chi connectivity index (χ0v) is 10.5. The van der Waals surface area contributed by atoms with Gasteiger partial charge in [0.05, 0.1) is 17.8 Å². The quantitative estimate of drug-likeness (QED) is 0.835. The van der Waals surface area contributed by atoms with Gasteiger partial charge in [0.2, 0.25) is 0 Å². The second-order valence-corrected chi connectivity index (χ2v) is 4.87. The van der Waals surface area contributed by atoms with Crippen molar-refractivity contribution in [3.05, 3.63) is 17.0 Å². The summed E-state index contributed by atoms with van der Waals surface area (Å²) in [4.78, 5) is 0. The van der Waals surface area contributed by atoms with Crippen molar-refractivity contribution in [3.8, 4) is 0 Å². The first-order valence-electron chi connectivity index (χ1n) is 6.37. The molecular formula is C13H22N2O. The monoisotopic (exact) mass is 222 g/mol. The molecule has 1 aliphatic carbocycles. The smallest absolute Gasteiger partial charge is 0.0781 e. The first kappa shape index (κ1) is 11.6. The molecule has 0 unspecified atom stereocenters. The molecular weight excluding hydrogens is 200 g/mol. The Balaban J connectivity index is 2.32. The minimum atomic E-state index is -0.212. The van der Waals surface area contributed by atoms with Gasteiger partial charge >= 0.3 is 0 Å². The summed E-state index contributed by atoms with van der Waals surface area (Å²) >= 11 is 0. The maximum atomic E-state index is 10.1. The van der Waals surface area contributed by atoms with E-state index in [0.717, 1.165) is 31.4 Å². The molecule has 0 bridgehead atoms. The van der Waals surface area contributed by atoms with Gasteiger partial charge in [0.1, 0.15) is 0 Å². The van der Waals surface area contributed by atoms with Crippen LogP contribution in [0.1, 0.15) is 55.6 Å². The molecule has 2 rings (SSSR count). The average Bonchev–Trinajstić information content (AvgIpc) is 2.55. The third-order valence-electron chi connectivity index (χ3n) is 3.84.